The summed E-state index contributed by atoms with van der Waals surface area (Å²) in [5.74, 6) is -1.31. The van der Waals surface area contributed by atoms with E-state index in [9.17, 15) is 14.4 Å². The lowest BCUT2D eigenvalue weighted by molar-refractivity contribution is -0.144. The Labute approximate surface area is 210 Å². The van der Waals surface area contributed by atoms with E-state index in [2.05, 4.69) is 18.5 Å². The van der Waals surface area contributed by atoms with Gasteiger partial charge in [0.15, 0.2) is 0 Å². The summed E-state index contributed by atoms with van der Waals surface area (Å²) >= 11 is 0. The van der Waals surface area contributed by atoms with Crippen molar-refractivity contribution in [2.24, 2.45) is 0 Å². The van der Waals surface area contributed by atoms with Crippen molar-refractivity contribution < 1.29 is 37.1 Å². The van der Waals surface area contributed by atoms with Crippen LogP contribution in [-0.2, 0) is 32.3 Å². The van der Waals surface area contributed by atoms with E-state index in [0.717, 1.165) is 44.3 Å². The second-order valence-electron chi connectivity index (χ2n) is 8.52. The lowest BCUT2D eigenvalue weighted by Gasteiger charge is -2.41. The normalized spacial score (nSPS) is 14.6. The molecule has 0 spiro atoms. The van der Waals surface area contributed by atoms with Gasteiger partial charge in [-0.1, -0.05) is 32.4 Å². The SMILES string of the molecule is C=CC(=O)OCC(C)(COC(=O)C=C)NC(=O)N(C[Si](OCC)(OCC)OCC)C1CCCCC1. The van der Waals surface area contributed by atoms with Crippen LogP contribution in [0.5, 0.6) is 0 Å². The first-order valence-electron chi connectivity index (χ1n) is 12.3. The molecule has 1 N–H and O–H groups in total. The van der Waals surface area contributed by atoms with Gasteiger partial charge in [-0.05, 0) is 40.5 Å². The van der Waals surface area contributed by atoms with Gasteiger partial charge in [-0.25, -0.2) is 14.4 Å². The van der Waals surface area contributed by atoms with E-state index >= 15 is 0 Å². The molecule has 1 saturated carbocycles. The minimum Gasteiger partial charge on any atom is -0.460 e. The lowest BCUT2D eigenvalue weighted by Crippen LogP contribution is -2.64. The van der Waals surface area contributed by atoms with Crippen molar-refractivity contribution in [3.8, 4) is 0 Å². The number of nitrogens with zero attached hydrogens (tertiary/aromatic N) is 1. The summed E-state index contributed by atoms with van der Waals surface area (Å²) in [6.07, 6.45) is 7.04. The van der Waals surface area contributed by atoms with E-state index in [4.69, 9.17) is 22.8 Å². The van der Waals surface area contributed by atoms with E-state index in [1.807, 2.05) is 20.8 Å². The van der Waals surface area contributed by atoms with Gasteiger partial charge >= 0.3 is 26.8 Å². The van der Waals surface area contributed by atoms with Crippen LogP contribution in [0.2, 0.25) is 0 Å². The van der Waals surface area contributed by atoms with Gasteiger partial charge < -0.3 is 33.0 Å². The first-order valence-corrected chi connectivity index (χ1v) is 14.2. The van der Waals surface area contributed by atoms with Crippen LogP contribution in [0.4, 0.5) is 4.79 Å². The first kappa shape index (κ1) is 30.8. The molecule has 1 rings (SSSR count). The Kier molecular flexibility index (Phi) is 13.8. The molecule has 0 aliphatic heterocycles. The minimum absolute atomic E-state index is 0.0345. The fourth-order valence-electron chi connectivity index (χ4n) is 3.91. The monoisotopic (exact) mass is 514 g/mol. The molecule has 10 nitrogen and oxygen atoms in total. The number of nitrogens with one attached hydrogen (secondary N) is 1. The highest BCUT2D eigenvalue weighted by Crippen LogP contribution is 2.25. The van der Waals surface area contributed by atoms with Gasteiger partial charge in [-0.15, -0.1) is 0 Å². The van der Waals surface area contributed by atoms with E-state index in [-0.39, 0.29) is 25.4 Å². The summed E-state index contributed by atoms with van der Waals surface area (Å²) in [5, 5.41) is 2.92. The van der Waals surface area contributed by atoms with E-state index < -0.39 is 32.3 Å². The third-order valence-corrected chi connectivity index (χ3v) is 8.45. The number of rotatable bonds is 16. The summed E-state index contributed by atoms with van der Waals surface area (Å²) in [4.78, 5) is 38.8. The summed E-state index contributed by atoms with van der Waals surface area (Å²) in [7, 11) is -3.20. The lowest BCUT2D eigenvalue weighted by atomic mass is 9.94. The van der Waals surface area contributed by atoms with Gasteiger partial charge in [-0.3, -0.25) is 0 Å². The molecule has 2 amide bonds. The van der Waals surface area contributed by atoms with Gasteiger partial charge in [0, 0.05) is 38.0 Å². The van der Waals surface area contributed by atoms with Crippen LogP contribution in [0.3, 0.4) is 0 Å². The quantitative estimate of drug-likeness (QED) is 0.190. The molecule has 0 radical (unpaired) electrons. The molecule has 0 unspecified atom stereocenters. The molecule has 35 heavy (non-hydrogen) atoms. The van der Waals surface area contributed by atoms with E-state index in [1.54, 1.807) is 11.8 Å². The van der Waals surface area contributed by atoms with Crippen LogP contribution in [0.15, 0.2) is 25.3 Å². The number of carbonyl (C=O) groups is 3. The zero-order valence-electron chi connectivity index (χ0n) is 21.6. The maximum absolute atomic E-state index is 13.7. The van der Waals surface area contributed by atoms with Crippen molar-refractivity contribution in [1.29, 1.82) is 0 Å². The molecule has 0 aromatic heterocycles. The Morgan fingerprint density at radius 1 is 0.914 bits per heavy atom. The standard InChI is InChI=1S/C24H42N2O8Si/c1-7-21(27)30-17-24(6,18-31-22(28)8-2)25-23(29)26(20-15-13-12-14-16-20)19-35(32-9-3,33-10-4)34-11-5/h7-8,20H,1-2,9-19H2,3-6H3,(H,25,29). The molecule has 200 valence electrons. The zero-order chi connectivity index (χ0) is 26.3. The number of ether oxygens (including phenoxy) is 2. The summed E-state index contributed by atoms with van der Waals surface area (Å²) in [5.41, 5.74) is -1.20. The average Bonchev–Trinajstić information content (AvgIpc) is 2.85. The molecular formula is C24H42N2O8Si. The van der Waals surface area contributed by atoms with Crippen molar-refractivity contribution in [2.45, 2.75) is 71.4 Å². The van der Waals surface area contributed by atoms with Crippen LogP contribution in [0, 0.1) is 0 Å². The van der Waals surface area contributed by atoms with Crippen LogP contribution >= 0.6 is 0 Å². The topological polar surface area (TPSA) is 113 Å². The third-order valence-electron chi connectivity index (χ3n) is 5.54. The van der Waals surface area contributed by atoms with Crippen LogP contribution < -0.4 is 5.32 Å². The molecule has 0 heterocycles. The Balaban J connectivity index is 3.23. The predicted molar refractivity (Wildman–Crippen MR) is 133 cm³/mol. The minimum atomic E-state index is -3.20. The molecule has 11 heteroatoms. The molecule has 0 aromatic rings. The fourth-order valence-corrected chi connectivity index (χ4v) is 6.57. The molecule has 0 aromatic carbocycles. The van der Waals surface area contributed by atoms with Crippen LogP contribution in [-0.4, -0.2) is 82.5 Å². The van der Waals surface area contributed by atoms with Crippen LogP contribution in [0.1, 0.15) is 59.8 Å². The molecule has 0 bridgehead atoms. The molecule has 0 saturated heterocycles. The highest BCUT2D eigenvalue weighted by molar-refractivity contribution is 6.61. The van der Waals surface area contributed by atoms with Gasteiger partial charge in [-0.2, -0.15) is 0 Å². The molecule has 1 aliphatic rings. The Morgan fingerprint density at radius 3 is 1.77 bits per heavy atom. The summed E-state index contributed by atoms with van der Waals surface area (Å²) in [6, 6.07) is -0.438. The van der Waals surface area contributed by atoms with Crippen molar-refractivity contribution in [3.63, 3.8) is 0 Å². The van der Waals surface area contributed by atoms with Crippen molar-refractivity contribution in [2.75, 3.05) is 39.2 Å². The maximum atomic E-state index is 13.7. The molecule has 0 atom stereocenters. The smallest absolute Gasteiger partial charge is 0.460 e. The number of amides is 2. The van der Waals surface area contributed by atoms with E-state index in [1.165, 1.54) is 0 Å². The Hall–Kier alpha value is -2.21. The second-order valence-corrected chi connectivity index (χ2v) is 11.1. The van der Waals surface area contributed by atoms with Crippen LogP contribution in [0.25, 0.3) is 0 Å². The van der Waals surface area contributed by atoms with E-state index in [0.29, 0.717) is 19.8 Å². The number of hydrogen-bond acceptors (Lipinski definition) is 8. The second kappa shape index (κ2) is 15.7. The summed E-state index contributed by atoms with van der Waals surface area (Å²) in [6.45, 7) is 14.7. The largest absolute Gasteiger partial charge is 0.521 e. The Morgan fingerprint density at radius 2 is 1.37 bits per heavy atom. The van der Waals surface area contributed by atoms with Gasteiger partial charge in [0.05, 0.1) is 6.17 Å². The maximum Gasteiger partial charge on any atom is 0.521 e. The van der Waals surface area contributed by atoms with Crippen molar-refractivity contribution in [1.82, 2.24) is 10.2 Å². The fraction of sp³-hybridized carbons (Fsp3) is 0.708. The highest BCUT2D eigenvalue weighted by atomic mass is 28.4. The molecule has 1 fully saturated rings. The number of hydrogen-bond donors (Lipinski definition) is 1. The van der Waals surface area contributed by atoms with Gasteiger partial charge in [0.25, 0.3) is 0 Å². The average molecular weight is 515 g/mol. The highest BCUT2D eigenvalue weighted by Gasteiger charge is 2.46. The zero-order valence-corrected chi connectivity index (χ0v) is 22.6. The van der Waals surface area contributed by atoms with Gasteiger partial charge in [0.1, 0.15) is 18.8 Å². The number of urea groups is 1. The molecular weight excluding hydrogens is 472 g/mol. The number of esters is 2. The number of carbonyl (C=O) groups excluding carboxylic acids is 3. The molecule has 1 aliphatic carbocycles. The van der Waals surface area contributed by atoms with Crippen molar-refractivity contribution >= 4 is 26.8 Å². The first-order chi connectivity index (χ1) is 16.7. The summed E-state index contributed by atoms with van der Waals surface area (Å²) < 4.78 is 28.4. The van der Waals surface area contributed by atoms with Gasteiger partial charge in [0.2, 0.25) is 0 Å². The van der Waals surface area contributed by atoms with Crippen molar-refractivity contribution in [3.05, 3.63) is 25.3 Å². The predicted octanol–water partition coefficient (Wildman–Crippen LogP) is 3.14. The Bertz CT molecular complexity index is 671. The third kappa shape index (κ3) is 10.5.